The maximum atomic E-state index is 10.9. The number of aliphatic hydroxyl groups excluding tert-OH is 1. The van der Waals surface area contributed by atoms with Crippen LogP contribution in [0.1, 0.15) is 78.6 Å². The lowest BCUT2D eigenvalue weighted by atomic mass is 9.44. The minimum Gasteiger partial charge on any atom is -0.393 e. The molecule has 0 spiro atoms. The van der Waals surface area contributed by atoms with Crippen molar-refractivity contribution >= 4 is 0 Å². The molecule has 0 amide bonds. The molecule has 0 aromatic heterocycles. The van der Waals surface area contributed by atoms with Gasteiger partial charge in [0.1, 0.15) is 0 Å². The van der Waals surface area contributed by atoms with Crippen molar-refractivity contribution in [1.82, 2.24) is 0 Å². The van der Waals surface area contributed by atoms with Gasteiger partial charge in [-0.15, -0.1) is 0 Å². The fourth-order valence-corrected chi connectivity index (χ4v) is 7.48. The second-order valence-corrected chi connectivity index (χ2v) is 9.85. The Balaban J connectivity index is 1.64. The van der Waals surface area contributed by atoms with Gasteiger partial charge in [-0.05, 0) is 99.2 Å². The Labute approximate surface area is 135 Å². The fraction of sp³-hybridized carbons (Fsp3) is 1.00. The molecule has 4 rings (SSSR count). The van der Waals surface area contributed by atoms with Gasteiger partial charge in [0.05, 0.1) is 11.7 Å². The topological polar surface area (TPSA) is 40.5 Å². The van der Waals surface area contributed by atoms with E-state index in [9.17, 15) is 10.2 Å². The maximum absolute atomic E-state index is 10.9. The molecular weight excluding hydrogens is 272 g/mol. The molecule has 0 saturated heterocycles. The summed E-state index contributed by atoms with van der Waals surface area (Å²) < 4.78 is 0. The molecule has 0 aliphatic heterocycles. The fourth-order valence-electron chi connectivity index (χ4n) is 7.48. The van der Waals surface area contributed by atoms with E-state index in [-0.39, 0.29) is 11.5 Å². The maximum Gasteiger partial charge on any atom is 0.0675 e. The van der Waals surface area contributed by atoms with Crippen molar-refractivity contribution in [2.45, 2.75) is 90.3 Å². The van der Waals surface area contributed by atoms with Crippen LogP contribution in [0.25, 0.3) is 0 Å². The van der Waals surface area contributed by atoms with Gasteiger partial charge in [0.25, 0.3) is 0 Å². The van der Waals surface area contributed by atoms with Crippen LogP contribution in [-0.2, 0) is 0 Å². The lowest BCUT2D eigenvalue weighted by Crippen LogP contribution is -2.56. The van der Waals surface area contributed by atoms with Gasteiger partial charge in [-0.1, -0.05) is 13.8 Å². The van der Waals surface area contributed by atoms with Crippen LogP contribution >= 0.6 is 0 Å². The van der Waals surface area contributed by atoms with Crippen LogP contribution in [0.3, 0.4) is 0 Å². The molecule has 22 heavy (non-hydrogen) atoms. The van der Waals surface area contributed by atoms with E-state index in [1.165, 1.54) is 38.5 Å². The van der Waals surface area contributed by atoms with Gasteiger partial charge in [-0.2, -0.15) is 0 Å². The number of fused-ring (bicyclic) bond motifs is 5. The molecule has 0 aromatic carbocycles. The summed E-state index contributed by atoms with van der Waals surface area (Å²) in [5.74, 6) is 3.13. The first kappa shape index (κ1) is 15.4. The van der Waals surface area contributed by atoms with Crippen LogP contribution in [0, 0.1) is 34.5 Å². The highest BCUT2D eigenvalue weighted by molar-refractivity contribution is 5.12. The molecule has 2 nitrogen and oxygen atoms in total. The normalized spacial score (nSPS) is 61.2. The van der Waals surface area contributed by atoms with Crippen LogP contribution in [0.5, 0.6) is 0 Å². The van der Waals surface area contributed by atoms with Crippen molar-refractivity contribution in [1.29, 1.82) is 0 Å². The van der Waals surface area contributed by atoms with Crippen LogP contribution in [-0.4, -0.2) is 21.9 Å². The molecule has 0 radical (unpaired) electrons. The van der Waals surface area contributed by atoms with E-state index >= 15 is 0 Å². The van der Waals surface area contributed by atoms with Gasteiger partial charge in [-0.25, -0.2) is 0 Å². The first-order chi connectivity index (χ1) is 10.3. The summed E-state index contributed by atoms with van der Waals surface area (Å²) in [6.45, 7) is 7.01. The molecule has 2 heteroatoms. The largest absolute Gasteiger partial charge is 0.393 e. The second-order valence-electron chi connectivity index (χ2n) is 9.85. The number of hydrogen-bond acceptors (Lipinski definition) is 2. The molecule has 4 saturated carbocycles. The molecule has 0 bridgehead atoms. The third-order valence-corrected chi connectivity index (χ3v) is 9.20. The Kier molecular flexibility index (Phi) is 3.32. The highest BCUT2D eigenvalue weighted by Gasteiger charge is 2.63. The highest BCUT2D eigenvalue weighted by atomic mass is 16.3. The van der Waals surface area contributed by atoms with Gasteiger partial charge in [-0.3, -0.25) is 0 Å². The Bertz CT molecular complexity index is 459. The Morgan fingerprint density at radius 1 is 0.818 bits per heavy atom. The number of rotatable bonds is 0. The van der Waals surface area contributed by atoms with Gasteiger partial charge in [0.2, 0.25) is 0 Å². The minimum absolute atomic E-state index is 0.0457. The van der Waals surface area contributed by atoms with E-state index in [1.54, 1.807) is 0 Å². The molecule has 4 fully saturated rings. The van der Waals surface area contributed by atoms with Crippen LogP contribution in [0.4, 0.5) is 0 Å². The molecule has 126 valence electrons. The van der Waals surface area contributed by atoms with Crippen molar-refractivity contribution in [2.24, 2.45) is 34.5 Å². The third kappa shape index (κ3) is 1.86. The van der Waals surface area contributed by atoms with Crippen LogP contribution < -0.4 is 0 Å². The number of hydrogen-bond donors (Lipinski definition) is 2. The van der Waals surface area contributed by atoms with Gasteiger partial charge in [0, 0.05) is 0 Å². The van der Waals surface area contributed by atoms with Gasteiger partial charge >= 0.3 is 0 Å². The van der Waals surface area contributed by atoms with Crippen LogP contribution in [0.15, 0.2) is 0 Å². The summed E-state index contributed by atoms with van der Waals surface area (Å²) >= 11 is 0. The van der Waals surface area contributed by atoms with Crippen molar-refractivity contribution < 1.29 is 10.2 Å². The Morgan fingerprint density at radius 3 is 2.32 bits per heavy atom. The van der Waals surface area contributed by atoms with E-state index < -0.39 is 5.60 Å². The summed E-state index contributed by atoms with van der Waals surface area (Å²) in [7, 11) is 0. The lowest BCUT2D eigenvalue weighted by Gasteiger charge is -2.61. The summed E-state index contributed by atoms with van der Waals surface area (Å²) in [6.07, 6.45) is 10.6. The number of aliphatic hydroxyl groups is 2. The standard InChI is InChI=1S/C20H34O2/c1-18-9-6-14(21)12-13(18)4-5-15-16(18)7-10-19(2)17(15)8-11-20(19,3)22/h13-17,21-22H,4-12H2,1-3H3/t13?,14?,15?,16?,17?,18?,19?,20-/m0/s1. The minimum atomic E-state index is -0.455. The van der Waals surface area contributed by atoms with E-state index in [0.29, 0.717) is 5.41 Å². The van der Waals surface area contributed by atoms with Crippen molar-refractivity contribution in [3.05, 3.63) is 0 Å². The highest BCUT2D eigenvalue weighted by Crippen LogP contribution is 2.68. The molecular formula is C20H34O2. The first-order valence-corrected chi connectivity index (χ1v) is 9.68. The summed E-state index contributed by atoms with van der Waals surface area (Å²) in [4.78, 5) is 0. The first-order valence-electron chi connectivity index (χ1n) is 9.68. The molecule has 2 N–H and O–H groups in total. The summed E-state index contributed by atoms with van der Waals surface area (Å²) in [5, 5.41) is 21.0. The lowest BCUT2D eigenvalue weighted by molar-refractivity contribution is -0.153. The van der Waals surface area contributed by atoms with Crippen molar-refractivity contribution in [3.8, 4) is 0 Å². The molecule has 4 aliphatic rings. The van der Waals surface area contributed by atoms with E-state index in [1.807, 2.05) is 0 Å². The Morgan fingerprint density at radius 2 is 1.55 bits per heavy atom. The van der Waals surface area contributed by atoms with Gasteiger partial charge < -0.3 is 10.2 Å². The zero-order valence-corrected chi connectivity index (χ0v) is 14.6. The molecule has 0 heterocycles. The summed E-state index contributed by atoms with van der Waals surface area (Å²) in [5.41, 5.74) is 0.145. The van der Waals surface area contributed by atoms with Crippen molar-refractivity contribution in [2.75, 3.05) is 0 Å². The van der Waals surface area contributed by atoms with E-state index in [0.717, 1.165) is 42.9 Å². The molecule has 0 aromatic rings. The monoisotopic (exact) mass is 306 g/mol. The average molecular weight is 306 g/mol. The predicted molar refractivity (Wildman–Crippen MR) is 88.4 cm³/mol. The molecule has 8 atom stereocenters. The van der Waals surface area contributed by atoms with Crippen LogP contribution in [0.2, 0.25) is 0 Å². The summed E-state index contributed by atoms with van der Waals surface area (Å²) in [6, 6.07) is 0. The molecule has 7 unspecified atom stereocenters. The second kappa shape index (κ2) is 4.72. The SMILES string of the molecule is CC12CCC(O)CC1CCC1C2CCC2(C)C1CC[C@]2(C)O. The third-order valence-electron chi connectivity index (χ3n) is 9.20. The predicted octanol–water partition coefficient (Wildman–Crippen LogP) is 4.14. The average Bonchev–Trinajstić information content (AvgIpc) is 2.70. The zero-order valence-electron chi connectivity index (χ0n) is 14.6. The van der Waals surface area contributed by atoms with E-state index in [4.69, 9.17) is 0 Å². The Hall–Kier alpha value is -0.0800. The van der Waals surface area contributed by atoms with Crippen molar-refractivity contribution in [3.63, 3.8) is 0 Å². The molecule has 4 aliphatic carbocycles. The van der Waals surface area contributed by atoms with E-state index in [2.05, 4.69) is 20.8 Å². The quantitative estimate of drug-likeness (QED) is 0.706. The van der Waals surface area contributed by atoms with Gasteiger partial charge in [0.15, 0.2) is 0 Å². The zero-order chi connectivity index (χ0) is 15.8. The smallest absolute Gasteiger partial charge is 0.0675 e.